The summed E-state index contributed by atoms with van der Waals surface area (Å²) in [5, 5.41) is 4.36. The Kier molecular flexibility index (Phi) is 3.59. The molecule has 118 valence electrons. The van der Waals surface area contributed by atoms with Crippen molar-refractivity contribution in [2.45, 2.75) is 0 Å². The summed E-state index contributed by atoms with van der Waals surface area (Å²) in [4.78, 5) is 17.6. The average Bonchev–Trinajstić information content (AvgIpc) is 3.16. The van der Waals surface area contributed by atoms with Crippen molar-refractivity contribution in [2.24, 2.45) is 0 Å². The van der Waals surface area contributed by atoms with Gasteiger partial charge in [-0.2, -0.15) is 9.50 Å². The van der Waals surface area contributed by atoms with E-state index < -0.39 is 0 Å². The van der Waals surface area contributed by atoms with Crippen molar-refractivity contribution in [2.75, 3.05) is 7.11 Å². The lowest BCUT2D eigenvalue weighted by Crippen LogP contribution is -2.23. The van der Waals surface area contributed by atoms with E-state index >= 15 is 0 Å². The highest BCUT2D eigenvalue weighted by atomic mass is 32.1. The Bertz CT molecular complexity index is 1120. The predicted octanol–water partition coefficient (Wildman–Crippen LogP) is 2.37. The van der Waals surface area contributed by atoms with Crippen molar-refractivity contribution in [1.29, 1.82) is 0 Å². The minimum absolute atomic E-state index is 0.160. The van der Waals surface area contributed by atoms with Gasteiger partial charge >= 0.3 is 0 Å². The maximum absolute atomic E-state index is 12.5. The molecule has 0 unspecified atom stereocenters. The van der Waals surface area contributed by atoms with Gasteiger partial charge in [0.2, 0.25) is 4.96 Å². The van der Waals surface area contributed by atoms with Crippen LogP contribution in [0.25, 0.3) is 22.4 Å². The first-order chi connectivity index (χ1) is 11.8. The fourth-order valence-electron chi connectivity index (χ4n) is 2.48. The summed E-state index contributed by atoms with van der Waals surface area (Å²) in [6.45, 7) is 0. The summed E-state index contributed by atoms with van der Waals surface area (Å²) in [6.07, 6.45) is 1.85. The Morgan fingerprint density at radius 2 is 1.83 bits per heavy atom. The third-order valence-electron chi connectivity index (χ3n) is 3.63. The van der Waals surface area contributed by atoms with E-state index in [4.69, 9.17) is 4.74 Å². The van der Waals surface area contributed by atoms with E-state index in [1.165, 1.54) is 15.9 Å². The third kappa shape index (κ3) is 2.47. The minimum atomic E-state index is -0.160. The highest BCUT2D eigenvalue weighted by molar-refractivity contribution is 7.15. The molecule has 0 radical (unpaired) electrons. The van der Waals surface area contributed by atoms with E-state index in [0.29, 0.717) is 21.1 Å². The number of hydrogen-bond acceptors (Lipinski definition) is 5. The van der Waals surface area contributed by atoms with Gasteiger partial charge in [-0.05, 0) is 23.8 Å². The fourth-order valence-corrected chi connectivity index (χ4v) is 3.39. The molecule has 0 atom stereocenters. The summed E-state index contributed by atoms with van der Waals surface area (Å²) in [5.74, 6) is 1.17. The van der Waals surface area contributed by atoms with Gasteiger partial charge in [0.25, 0.3) is 5.56 Å². The van der Waals surface area contributed by atoms with Crippen molar-refractivity contribution in [3.8, 4) is 17.1 Å². The Balaban J connectivity index is 1.85. The molecule has 5 nitrogen and oxygen atoms in total. The fraction of sp³-hybridized carbons (Fsp3) is 0.0556. The molecule has 0 bridgehead atoms. The average molecular weight is 335 g/mol. The van der Waals surface area contributed by atoms with Crippen molar-refractivity contribution >= 4 is 22.4 Å². The molecule has 24 heavy (non-hydrogen) atoms. The molecule has 0 aliphatic heterocycles. The zero-order valence-corrected chi connectivity index (χ0v) is 13.7. The number of methoxy groups -OCH3 is 1. The number of ether oxygens (including phenoxy) is 1. The zero-order chi connectivity index (χ0) is 16.5. The molecule has 6 heteroatoms. The Labute approximate surface area is 141 Å². The van der Waals surface area contributed by atoms with Gasteiger partial charge in [-0.3, -0.25) is 4.79 Å². The summed E-state index contributed by atoms with van der Waals surface area (Å²) in [6, 6.07) is 17.2. The van der Waals surface area contributed by atoms with Gasteiger partial charge in [0.15, 0.2) is 5.82 Å². The van der Waals surface area contributed by atoms with Crippen molar-refractivity contribution in [1.82, 2.24) is 14.6 Å². The molecule has 0 saturated heterocycles. The van der Waals surface area contributed by atoms with Gasteiger partial charge < -0.3 is 4.74 Å². The van der Waals surface area contributed by atoms with Crippen LogP contribution in [-0.2, 0) is 0 Å². The van der Waals surface area contributed by atoms with Crippen LogP contribution in [0.4, 0.5) is 0 Å². The number of aromatic nitrogens is 3. The number of rotatable bonds is 3. The number of para-hydroxylation sites is 1. The molecule has 2 aromatic heterocycles. The zero-order valence-electron chi connectivity index (χ0n) is 12.8. The first kappa shape index (κ1) is 14.6. The first-order valence-corrected chi connectivity index (χ1v) is 8.17. The van der Waals surface area contributed by atoms with Gasteiger partial charge in [-0.1, -0.05) is 53.8 Å². The first-order valence-electron chi connectivity index (χ1n) is 7.36. The molecular weight excluding hydrogens is 322 g/mol. The molecule has 0 aliphatic rings. The van der Waals surface area contributed by atoms with Gasteiger partial charge in [0.1, 0.15) is 5.75 Å². The van der Waals surface area contributed by atoms with Gasteiger partial charge in [-0.25, -0.2) is 0 Å². The van der Waals surface area contributed by atoms with Crippen molar-refractivity contribution < 1.29 is 4.74 Å². The standard InChI is InChI=1S/C18H13N3O2S/c1-23-14-10-6-5-9-13(14)16-19-18-21(20-16)17(22)15(24-18)11-12-7-3-2-4-8-12/h2-11H,1H3. The van der Waals surface area contributed by atoms with Gasteiger partial charge in [-0.15, -0.1) is 5.10 Å². The molecule has 4 rings (SSSR count). The number of nitrogens with zero attached hydrogens (tertiary/aromatic N) is 3. The molecule has 2 heterocycles. The molecule has 4 aromatic rings. The van der Waals surface area contributed by atoms with Crippen LogP contribution in [0, 0.1) is 0 Å². The van der Waals surface area contributed by atoms with E-state index in [2.05, 4.69) is 10.1 Å². The predicted molar refractivity (Wildman–Crippen MR) is 94.3 cm³/mol. The molecule has 2 aromatic carbocycles. The number of thiazole rings is 1. The second-order valence-electron chi connectivity index (χ2n) is 5.16. The van der Waals surface area contributed by atoms with Crippen LogP contribution < -0.4 is 14.8 Å². The molecule has 0 N–H and O–H groups in total. The quantitative estimate of drug-likeness (QED) is 0.577. The molecule has 0 amide bonds. The summed E-state index contributed by atoms with van der Waals surface area (Å²) < 4.78 is 7.30. The van der Waals surface area contributed by atoms with Crippen LogP contribution in [0.2, 0.25) is 0 Å². The lowest BCUT2D eigenvalue weighted by molar-refractivity contribution is 0.416. The summed E-state index contributed by atoms with van der Waals surface area (Å²) in [5.41, 5.74) is 1.58. The van der Waals surface area contributed by atoms with E-state index in [1.54, 1.807) is 7.11 Å². The summed E-state index contributed by atoms with van der Waals surface area (Å²) >= 11 is 1.33. The second-order valence-corrected chi connectivity index (χ2v) is 6.17. The molecule has 0 aliphatic carbocycles. The maximum atomic E-state index is 12.5. The van der Waals surface area contributed by atoms with Crippen molar-refractivity contribution in [3.05, 3.63) is 75.0 Å². The Morgan fingerprint density at radius 1 is 1.08 bits per heavy atom. The normalized spacial score (nSPS) is 12.0. The van der Waals surface area contributed by atoms with E-state index in [9.17, 15) is 4.79 Å². The van der Waals surface area contributed by atoms with E-state index in [1.807, 2.05) is 60.7 Å². The highest BCUT2D eigenvalue weighted by Crippen LogP contribution is 2.27. The van der Waals surface area contributed by atoms with Crippen LogP contribution in [0.15, 0.2) is 59.4 Å². The lowest BCUT2D eigenvalue weighted by Gasteiger charge is -2.03. The second kappa shape index (κ2) is 5.90. The van der Waals surface area contributed by atoms with Crippen LogP contribution in [0.5, 0.6) is 5.75 Å². The van der Waals surface area contributed by atoms with E-state index in [-0.39, 0.29) is 5.56 Å². The van der Waals surface area contributed by atoms with Crippen LogP contribution in [0.3, 0.4) is 0 Å². The highest BCUT2D eigenvalue weighted by Gasteiger charge is 2.14. The lowest BCUT2D eigenvalue weighted by atomic mass is 10.2. The third-order valence-corrected chi connectivity index (χ3v) is 4.59. The number of benzene rings is 2. The summed E-state index contributed by atoms with van der Waals surface area (Å²) in [7, 11) is 1.60. The largest absolute Gasteiger partial charge is 0.496 e. The molecule has 0 saturated carbocycles. The van der Waals surface area contributed by atoms with Crippen LogP contribution in [-0.4, -0.2) is 21.7 Å². The van der Waals surface area contributed by atoms with Gasteiger partial charge in [0.05, 0.1) is 17.2 Å². The van der Waals surface area contributed by atoms with Crippen LogP contribution in [0.1, 0.15) is 5.56 Å². The number of fused-ring (bicyclic) bond motifs is 1. The Hall–Kier alpha value is -2.99. The monoisotopic (exact) mass is 335 g/mol. The van der Waals surface area contributed by atoms with Gasteiger partial charge in [0, 0.05) is 0 Å². The molecular formula is C18H13N3O2S. The Morgan fingerprint density at radius 3 is 2.58 bits per heavy atom. The minimum Gasteiger partial charge on any atom is -0.496 e. The number of hydrogen-bond donors (Lipinski definition) is 0. The smallest absolute Gasteiger partial charge is 0.291 e. The molecule has 0 fully saturated rings. The topological polar surface area (TPSA) is 56.5 Å². The SMILES string of the molecule is COc1ccccc1-c1nc2sc(=Cc3ccccc3)c(=O)n2n1. The maximum Gasteiger partial charge on any atom is 0.291 e. The van der Waals surface area contributed by atoms with Crippen molar-refractivity contribution in [3.63, 3.8) is 0 Å². The van der Waals surface area contributed by atoms with Crippen LogP contribution >= 0.6 is 11.3 Å². The molecule has 0 spiro atoms. The van der Waals surface area contributed by atoms with E-state index in [0.717, 1.165) is 11.1 Å².